The predicted molar refractivity (Wildman–Crippen MR) is 86.1 cm³/mol. The summed E-state index contributed by atoms with van der Waals surface area (Å²) in [5.74, 6) is -1.25. The molecule has 26 heavy (non-hydrogen) atoms. The second-order valence-electron chi connectivity index (χ2n) is 5.31. The number of rotatable bonds is 7. The van der Waals surface area contributed by atoms with Gasteiger partial charge in [0.15, 0.2) is 0 Å². The third kappa shape index (κ3) is 5.79. The minimum Gasteiger partial charge on any atom is -0.428 e. The van der Waals surface area contributed by atoms with E-state index in [2.05, 4.69) is 9.72 Å². The Morgan fingerprint density at radius 2 is 1.81 bits per heavy atom. The summed E-state index contributed by atoms with van der Waals surface area (Å²) in [6.07, 6.45) is -9.90. The van der Waals surface area contributed by atoms with Crippen molar-refractivity contribution in [2.45, 2.75) is 31.1 Å². The van der Waals surface area contributed by atoms with Gasteiger partial charge in [-0.1, -0.05) is 18.2 Å². The van der Waals surface area contributed by atoms with Crippen LogP contribution in [-0.2, 0) is 6.42 Å². The van der Waals surface area contributed by atoms with Crippen LogP contribution in [0.2, 0.25) is 0 Å². The highest BCUT2D eigenvalue weighted by Gasteiger charge is 2.44. The fourth-order valence-corrected chi connectivity index (χ4v) is 2.13. The fourth-order valence-electron chi connectivity index (χ4n) is 2.13. The third-order valence-electron chi connectivity index (χ3n) is 3.32. The van der Waals surface area contributed by atoms with E-state index in [0.717, 1.165) is 18.2 Å². The summed E-state index contributed by atoms with van der Waals surface area (Å²) in [5.41, 5.74) is 6.22. The molecular weight excluding hydrogens is 383 g/mol. The SMILES string of the molecule is Cl.NC(Cc1cccc(OC(F)(F)C(F)F)c1)C(O)c1cccc(F)n1. The second-order valence-corrected chi connectivity index (χ2v) is 5.31. The van der Waals surface area contributed by atoms with Crippen molar-refractivity contribution in [1.29, 1.82) is 0 Å². The highest BCUT2D eigenvalue weighted by Crippen LogP contribution is 2.28. The van der Waals surface area contributed by atoms with E-state index in [1.54, 1.807) is 0 Å². The van der Waals surface area contributed by atoms with Crippen molar-refractivity contribution in [3.8, 4) is 5.75 Å². The smallest absolute Gasteiger partial charge is 0.428 e. The number of aliphatic hydroxyl groups is 1. The van der Waals surface area contributed by atoms with E-state index in [4.69, 9.17) is 5.73 Å². The van der Waals surface area contributed by atoms with Crippen LogP contribution in [0.1, 0.15) is 17.4 Å². The predicted octanol–water partition coefficient (Wildman–Crippen LogP) is 3.48. The Labute approximate surface area is 152 Å². The molecule has 2 atom stereocenters. The quantitative estimate of drug-likeness (QED) is 0.553. The molecule has 0 aliphatic heterocycles. The van der Waals surface area contributed by atoms with E-state index in [1.165, 1.54) is 24.3 Å². The average molecular weight is 399 g/mol. The van der Waals surface area contributed by atoms with Crippen LogP contribution in [0.5, 0.6) is 5.75 Å². The lowest BCUT2D eigenvalue weighted by molar-refractivity contribution is -0.253. The molecule has 0 bridgehead atoms. The van der Waals surface area contributed by atoms with Crippen molar-refractivity contribution in [2.75, 3.05) is 0 Å². The molecule has 2 aromatic rings. The molecule has 0 amide bonds. The molecule has 0 radical (unpaired) electrons. The molecular formula is C16H16ClF5N2O2. The summed E-state index contributed by atoms with van der Waals surface area (Å²) in [6.45, 7) is 0. The summed E-state index contributed by atoms with van der Waals surface area (Å²) in [6, 6.07) is 7.94. The molecule has 1 aromatic carbocycles. The van der Waals surface area contributed by atoms with E-state index < -0.39 is 36.4 Å². The number of hydrogen-bond acceptors (Lipinski definition) is 4. The summed E-state index contributed by atoms with van der Waals surface area (Å²) in [7, 11) is 0. The molecule has 0 aliphatic rings. The zero-order valence-electron chi connectivity index (χ0n) is 13.2. The maximum absolute atomic E-state index is 13.1. The molecule has 2 rings (SSSR count). The van der Waals surface area contributed by atoms with Crippen molar-refractivity contribution in [1.82, 2.24) is 4.98 Å². The van der Waals surface area contributed by atoms with Crippen LogP contribution in [0.4, 0.5) is 22.0 Å². The molecule has 4 nitrogen and oxygen atoms in total. The maximum Gasteiger partial charge on any atom is 0.461 e. The van der Waals surface area contributed by atoms with Gasteiger partial charge in [-0.05, 0) is 36.2 Å². The number of nitrogens with zero attached hydrogens (tertiary/aromatic N) is 1. The lowest BCUT2D eigenvalue weighted by Gasteiger charge is -2.20. The number of nitrogens with two attached hydrogens (primary N) is 1. The average Bonchev–Trinajstić information content (AvgIpc) is 2.53. The standard InChI is InChI=1S/C16H15F5N2O2.ClH/c17-13-6-2-5-12(23-13)14(24)11(22)8-9-3-1-4-10(7-9)25-16(20,21)15(18)19;/h1-7,11,14-15,24H,8,22H2;1H. The number of alkyl halides is 4. The van der Waals surface area contributed by atoms with Gasteiger partial charge in [0, 0.05) is 6.04 Å². The molecule has 2 unspecified atom stereocenters. The summed E-state index contributed by atoms with van der Waals surface area (Å²) >= 11 is 0. The Morgan fingerprint density at radius 3 is 2.42 bits per heavy atom. The first kappa shape index (κ1) is 22.1. The number of halogens is 6. The summed E-state index contributed by atoms with van der Waals surface area (Å²) < 4.78 is 67.3. The van der Waals surface area contributed by atoms with Crippen LogP contribution in [0.15, 0.2) is 42.5 Å². The van der Waals surface area contributed by atoms with Gasteiger partial charge in [0.05, 0.1) is 5.69 Å². The monoisotopic (exact) mass is 398 g/mol. The minimum atomic E-state index is -4.62. The van der Waals surface area contributed by atoms with Crippen LogP contribution in [-0.4, -0.2) is 28.7 Å². The zero-order chi connectivity index (χ0) is 18.6. The molecule has 3 N–H and O–H groups in total. The van der Waals surface area contributed by atoms with E-state index in [9.17, 15) is 27.1 Å². The van der Waals surface area contributed by atoms with Gasteiger partial charge in [-0.15, -0.1) is 12.4 Å². The van der Waals surface area contributed by atoms with Crippen LogP contribution < -0.4 is 10.5 Å². The number of aromatic nitrogens is 1. The van der Waals surface area contributed by atoms with Gasteiger partial charge < -0.3 is 15.6 Å². The highest BCUT2D eigenvalue weighted by molar-refractivity contribution is 5.85. The van der Waals surface area contributed by atoms with E-state index >= 15 is 0 Å². The molecule has 0 fully saturated rings. The zero-order valence-corrected chi connectivity index (χ0v) is 14.0. The molecule has 0 spiro atoms. The lowest BCUT2D eigenvalue weighted by atomic mass is 9.99. The van der Waals surface area contributed by atoms with Crippen LogP contribution >= 0.6 is 12.4 Å². The van der Waals surface area contributed by atoms with Gasteiger partial charge in [-0.3, -0.25) is 0 Å². The van der Waals surface area contributed by atoms with Gasteiger partial charge in [-0.2, -0.15) is 22.0 Å². The lowest BCUT2D eigenvalue weighted by Crippen LogP contribution is -2.33. The van der Waals surface area contributed by atoms with Gasteiger partial charge in [-0.25, -0.2) is 4.98 Å². The van der Waals surface area contributed by atoms with Gasteiger partial charge in [0.25, 0.3) is 0 Å². The molecule has 1 aromatic heterocycles. The first-order valence-electron chi connectivity index (χ1n) is 7.19. The topological polar surface area (TPSA) is 68.4 Å². The number of hydrogen-bond donors (Lipinski definition) is 2. The highest BCUT2D eigenvalue weighted by atomic mass is 35.5. The number of benzene rings is 1. The summed E-state index contributed by atoms with van der Waals surface area (Å²) in [5, 5.41) is 10.1. The number of pyridine rings is 1. The van der Waals surface area contributed by atoms with Gasteiger partial charge >= 0.3 is 12.5 Å². The van der Waals surface area contributed by atoms with Gasteiger partial charge in [0.2, 0.25) is 5.95 Å². The van der Waals surface area contributed by atoms with Crippen molar-refractivity contribution in [2.24, 2.45) is 5.73 Å². The second kappa shape index (κ2) is 9.11. The molecule has 0 aliphatic carbocycles. The maximum atomic E-state index is 13.1. The third-order valence-corrected chi connectivity index (χ3v) is 3.32. The Bertz CT molecular complexity index is 721. The first-order chi connectivity index (χ1) is 11.7. The Balaban J connectivity index is 0.00000338. The van der Waals surface area contributed by atoms with E-state index in [1.807, 2.05) is 0 Å². The normalized spacial score (nSPS) is 13.8. The number of aliphatic hydroxyl groups excluding tert-OH is 1. The van der Waals surface area contributed by atoms with Crippen molar-refractivity contribution < 1.29 is 31.8 Å². The van der Waals surface area contributed by atoms with Crippen molar-refractivity contribution >= 4 is 12.4 Å². The van der Waals surface area contributed by atoms with Gasteiger partial charge in [0.1, 0.15) is 11.9 Å². The number of ether oxygens (including phenoxy) is 1. The van der Waals surface area contributed by atoms with E-state index in [0.29, 0.717) is 5.56 Å². The Morgan fingerprint density at radius 1 is 1.15 bits per heavy atom. The Hall–Kier alpha value is -1.97. The molecule has 0 saturated heterocycles. The Kier molecular flexibility index (Phi) is 7.73. The summed E-state index contributed by atoms with van der Waals surface area (Å²) in [4.78, 5) is 3.52. The minimum absolute atomic E-state index is 0. The van der Waals surface area contributed by atoms with Crippen LogP contribution in [0.3, 0.4) is 0 Å². The van der Waals surface area contributed by atoms with Crippen LogP contribution in [0, 0.1) is 5.95 Å². The first-order valence-corrected chi connectivity index (χ1v) is 7.19. The fraction of sp³-hybridized carbons (Fsp3) is 0.312. The molecule has 0 saturated carbocycles. The van der Waals surface area contributed by atoms with Crippen molar-refractivity contribution in [3.05, 3.63) is 59.7 Å². The largest absolute Gasteiger partial charge is 0.461 e. The molecule has 10 heteroatoms. The van der Waals surface area contributed by atoms with E-state index in [-0.39, 0.29) is 24.5 Å². The molecule has 1 heterocycles. The van der Waals surface area contributed by atoms with Crippen LogP contribution in [0.25, 0.3) is 0 Å². The van der Waals surface area contributed by atoms with Crippen molar-refractivity contribution in [3.63, 3.8) is 0 Å². The molecule has 144 valence electrons.